The van der Waals surface area contributed by atoms with Crippen LogP contribution in [0.4, 0.5) is 0 Å². The smallest absolute Gasteiger partial charge is 0.133 e. The van der Waals surface area contributed by atoms with Crippen molar-refractivity contribution in [1.29, 1.82) is 0 Å². The van der Waals surface area contributed by atoms with Crippen molar-refractivity contribution in [2.45, 2.75) is 25.0 Å². The lowest BCUT2D eigenvalue weighted by Gasteiger charge is -2.32. The third-order valence-electron chi connectivity index (χ3n) is 3.42. The quantitative estimate of drug-likeness (QED) is 0.868. The monoisotopic (exact) mass is 329 g/mol. The van der Waals surface area contributed by atoms with Crippen LogP contribution in [0.2, 0.25) is 0 Å². The summed E-state index contributed by atoms with van der Waals surface area (Å²) in [5, 5.41) is 13.6. The summed E-state index contributed by atoms with van der Waals surface area (Å²) in [5.74, 6) is 0.826. The molecule has 0 unspecified atom stereocenters. The number of hydrogen-bond acceptors (Lipinski definition) is 4. The van der Waals surface area contributed by atoms with E-state index >= 15 is 0 Å². The molecule has 1 aliphatic heterocycles. The minimum absolute atomic E-state index is 0.597. The average Bonchev–Trinajstić information content (AvgIpc) is 2.39. The highest BCUT2D eigenvalue weighted by molar-refractivity contribution is 9.10. The van der Waals surface area contributed by atoms with Crippen LogP contribution >= 0.6 is 15.9 Å². The van der Waals surface area contributed by atoms with E-state index in [1.54, 1.807) is 7.11 Å². The molecular formula is C14H20BrNO3. The predicted octanol–water partition coefficient (Wildman–Crippen LogP) is 2.09. The van der Waals surface area contributed by atoms with E-state index in [-0.39, 0.29) is 0 Å². The second-order valence-electron chi connectivity index (χ2n) is 4.91. The molecule has 1 aliphatic rings. The lowest BCUT2D eigenvalue weighted by Crippen LogP contribution is -2.44. The zero-order chi connectivity index (χ0) is 13.7. The van der Waals surface area contributed by atoms with E-state index < -0.39 is 5.60 Å². The molecule has 0 aromatic heterocycles. The number of halogens is 1. The van der Waals surface area contributed by atoms with Gasteiger partial charge in [0.25, 0.3) is 0 Å². The Labute approximate surface area is 122 Å². The molecule has 1 saturated heterocycles. The van der Waals surface area contributed by atoms with Gasteiger partial charge in [-0.05, 0) is 33.6 Å². The molecule has 0 saturated carbocycles. The summed E-state index contributed by atoms with van der Waals surface area (Å²) in [6, 6.07) is 5.98. The Kier molecular flexibility index (Phi) is 5.21. The fourth-order valence-corrected chi connectivity index (χ4v) is 2.78. The first-order valence-electron chi connectivity index (χ1n) is 6.46. The Morgan fingerprint density at radius 3 is 2.79 bits per heavy atom. The van der Waals surface area contributed by atoms with Gasteiger partial charge in [0.1, 0.15) is 5.75 Å². The Balaban J connectivity index is 1.83. The minimum atomic E-state index is -0.623. The minimum Gasteiger partial charge on any atom is -0.496 e. The van der Waals surface area contributed by atoms with E-state index in [0.717, 1.165) is 22.3 Å². The number of benzene rings is 1. The topological polar surface area (TPSA) is 50.7 Å². The summed E-state index contributed by atoms with van der Waals surface area (Å²) in [5.41, 5.74) is 0.533. The van der Waals surface area contributed by atoms with Crippen molar-refractivity contribution in [2.75, 3.05) is 26.9 Å². The summed E-state index contributed by atoms with van der Waals surface area (Å²) in [6.45, 7) is 2.62. The second kappa shape index (κ2) is 6.70. The first-order valence-corrected chi connectivity index (χ1v) is 7.25. The molecular weight excluding hydrogens is 310 g/mol. The molecule has 19 heavy (non-hydrogen) atoms. The van der Waals surface area contributed by atoms with Gasteiger partial charge in [0.15, 0.2) is 0 Å². The molecule has 0 spiro atoms. The molecule has 0 aliphatic carbocycles. The van der Waals surface area contributed by atoms with Gasteiger partial charge in [-0.2, -0.15) is 0 Å². The summed E-state index contributed by atoms with van der Waals surface area (Å²) in [7, 11) is 1.65. The normalized spacial score (nSPS) is 18.3. The van der Waals surface area contributed by atoms with E-state index in [0.29, 0.717) is 32.6 Å². The molecule has 0 amide bonds. The van der Waals surface area contributed by atoms with E-state index in [9.17, 15) is 5.11 Å². The van der Waals surface area contributed by atoms with Gasteiger partial charge in [0, 0.05) is 39.1 Å². The molecule has 5 heteroatoms. The van der Waals surface area contributed by atoms with Gasteiger partial charge in [-0.3, -0.25) is 0 Å². The zero-order valence-corrected chi connectivity index (χ0v) is 12.7. The number of methoxy groups -OCH3 is 1. The van der Waals surface area contributed by atoms with Crippen molar-refractivity contribution >= 4 is 15.9 Å². The van der Waals surface area contributed by atoms with Gasteiger partial charge in [0.05, 0.1) is 17.2 Å². The first kappa shape index (κ1) is 14.8. The molecule has 1 aromatic carbocycles. The number of ether oxygens (including phenoxy) is 2. The summed E-state index contributed by atoms with van der Waals surface area (Å²) < 4.78 is 11.4. The lowest BCUT2D eigenvalue weighted by atomic mass is 9.94. The van der Waals surface area contributed by atoms with Gasteiger partial charge < -0.3 is 19.9 Å². The van der Waals surface area contributed by atoms with Crippen LogP contribution in [0.5, 0.6) is 5.75 Å². The van der Waals surface area contributed by atoms with Gasteiger partial charge in [-0.25, -0.2) is 0 Å². The van der Waals surface area contributed by atoms with Crippen LogP contribution in [-0.2, 0) is 11.3 Å². The van der Waals surface area contributed by atoms with E-state index in [1.807, 2.05) is 18.2 Å². The molecule has 1 heterocycles. The van der Waals surface area contributed by atoms with Crippen molar-refractivity contribution in [1.82, 2.24) is 5.32 Å². The molecule has 0 atom stereocenters. The van der Waals surface area contributed by atoms with Crippen molar-refractivity contribution in [3.63, 3.8) is 0 Å². The molecule has 0 bridgehead atoms. The molecule has 2 rings (SSSR count). The number of rotatable bonds is 5. The molecule has 1 fully saturated rings. The SMILES string of the molecule is COc1ccc(CNCC2(O)CCOCC2)cc1Br. The molecule has 2 N–H and O–H groups in total. The third-order valence-corrected chi connectivity index (χ3v) is 4.04. The van der Waals surface area contributed by atoms with Crippen LogP contribution < -0.4 is 10.1 Å². The Bertz CT molecular complexity index is 419. The van der Waals surface area contributed by atoms with E-state index in [4.69, 9.17) is 9.47 Å². The van der Waals surface area contributed by atoms with Crippen molar-refractivity contribution < 1.29 is 14.6 Å². The number of aliphatic hydroxyl groups is 1. The standard InChI is InChI=1S/C14H20BrNO3/c1-18-13-3-2-11(8-12(13)15)9-16-10-14(17)4-6-19-7-5-14/h2-3,8,16-17H,4-7,9-10H2,1H3. The van der Waals surface area contributed by atoms with Crippen LogP contribution in [0.1, 0.15) is 18.4 Å². The fraction of sp³-hybridized carbons (Fsp3) is 0.571. The molecule has 106 valence electrons. The summed E-state index contributed by atoms with van der Waals surface area (Å²) in [4.78, 5) is 0. The number of hydrogen-bond donors (Lipinski definition) is 2. The van der Waals surface area contributed by atoms with Crippen LogP contribution in [0.3, 0.4) is 0 Å². The van der Waals surface area contributed by atoms with Crippen molar-refractivity contribution in [2.24, 2.45) is 0 Å². The van der Waals surface area contributed by atoms with Crippen LogP contribution in [0.25, 0.3) is 0 Å². The molecule has 4 nitrogen and oxygen atoms in total. The highest BCUT2D eigenvalue weighted by atomic mass is 79.9. The maximum Gasteiger partial charge on any atom is 0.133 e. The van der Waals surface area contributed by atoms with Crippen LogP contribution in [-0.4, -0.2) is 37.6 Å². The van der Waals surface area contributed by atoms with Crippen LogP contribution in [0, 0.1) is 0 Å². The Hall–Kier alpha value is -0.620. The maximum absolute atomic E-state index is 10.3. The van der Waals surface area contributed by atoms with Crippen molar-refractivity contribution in [3.05, 3.63) is 28.2 Å². The van der Waals surface area contributed by atoms with Gasteiger partial charge >= 0.3 is 0 Å². The highest BCUT2D eigenvalue weighted by Crippen LogP contribution is 2.25. The lowest BCUT2D eigenvalue weighted by molar-refractivity contribution is -0.0617. The summed E-state index contributed by atoms with van der Waals surface area (Å²) in [6.07, 6.45) is 1.40. The average molecular weight is 330 g/mol. The van der Waals surface area contributed by atoms with E-state index in [1.165, 1.54) is 0 Å². The zero-order valence-electron chi connectivity index (χ0n) is 11.1. The van der Waals surface area contributed by atoms with Gasteiger partial charge in [-0.15, -0.1) is 0 Å². The number of nitrogens with one attached hydrogen (secondary N) is 1. The largest absolute Gasteiger partial charge is 0.496 e. The molecule has 0 radical (unpaired) electrons. The Morgan fingerprint density at radius 2 is 2.16 bits per heavy atom. The van der Waals surface area contributed by atoms with Crippen LogP contribution in [0.15, 0.2) is 22.7 Å². The Morgan fingerprint density at radius 1 is 1.42 bits per heavy atom. The molecule has 1 aromatic rings. The third kappa shape index (κ3) is 4.18. The van der Waals surface area contributed by atoms with E-state index in [2.05, 4.69) is 21.2 Å². The predicted molar refractivity (Wildman–Crippen MR) is 77.4 cm³/mol. The highest BCUT2D eigenvalue weighted by Gasteiger charge is 2.28. The second-order valence-corrected chi connectivity index (χ2v) is 5.76. The van der Waals surface area contributed by atoms with Gasteiger partial charge in [-0.1, -0.05) is 6.07 Å². The van der Waals surface area contributed by atoms with Gasteiger partial charge in [0.2, 0.25) is 0 Å². The fourth-order valence-electron chi connectivity index (χ4n) is 2.19. The van der Waals surface area contributed by atoms with Crippen molar-refractivity contribution in [3.8, 4) is 5.75 Å². The summed E-state index contributed by atoms with van der Waals surface area (Å²) >= 11 is 3.47. The maximum atomic E-state index is 10.3. The first-order chi connectivity index (χ1) is 9.13.